The van der Waals surface area contributed by atoms with Crippen LogP contribution in [0.15, 0.2) is 27.8 Å². The van der Waals surface area contributed by atoms with Crippen LogP contribution >= 0.6 is 15.9 Å². The first-order valence-corrected chi connectivity index (χ1v) is 5.60. The van der Waals surface area contributed by atoms with Crippen molar-refractivity contribution in [2.75, 3.05) is 6.61 Å². The Kier molecular flexibility index (Phi) is 3.07. The maximum atomic E-state index is 8.92. The number of hydrogen-bond donors (Lipinski definition) is 1. The summed E-state index contributed by atoms with van der Waals surface area (Å²) in [6, 6.07) is 6.06. The van der Waals surface area contributed by atoms with Crippen molar-refractivity contribution in [3.05, 3.63) is 33.8 Å². The van der Waals surface area contributed by atoms with Crippen molar-refractivity contribution in [2.45, 2.75) is 19.4 Å². The molecule has 0 saturated heterocycles. The third kappa shape index (κ3) is 2.21. The molecule has 0 saturated carbocycles. The van der Waals surface area contributed by atoms with Crippen LogP contribution in [0, 0.1) is 6.92 Å². The summed E-state index contributed by atoms with van der Waals surface area (Å²) in [4.78, 5) is 5.07. The fraction of sp³-hybridized carbons (Fsp3) is 0.364. The standard InChI is InChI=1S/C11H12BrNO2/c1-7-4-8(2-3-10(7)12)11-5-9(6-14)15-13-11/h2-4,9,14H,5-6H2,1H3. The van der Waals surface area contributed by atoms with Gasteiger partial charge in [-0.15, -0.1) is 0 Å². The molecular weight excluding hydrogens is 258 g/mol. The lowest BCUT2D eigenvalue weighted by atomic mass is 10.0. The summed E-state index contributed by atoms with van der Waals surface area (Å²) in [5.74, 6) is 0. The molecule has 3 nitrogen and oxygen atoms in total. The normalized spacial score (nSPS) is 19.9. The summed E-state index contributed by atoms with van der Waals surface area (Å²) in [6.45, 7) is 2.05. The summed E-state index contributed by atoms with van der Waals surface area (Å²) in [5.41, 5.74) is 3.14. The molecule has 1 N–H and O–H groups in total. The highest BCUT2D eigenvalue weighted by Crippen LogP contribution is 2.21. The fourth-order valence-electron chi connectivity index (χ4n) is 1.52. The van der Waals surface area contributed by atoms with Crippen molar-refractivity contribution in [1.82, 2.24) is 0 Å². The van der Waals surface area contributed by atoms with E-state index in [4.69, 9.17) is 9.94 Å². The van der Waals surface area contributed by atoms with E-state index in [9.17, 15) is 0 Å². The molecule has 0 aromatic heterocycles. The molecule has 1 aliphatic heterocycles. The van der Waals surface area contributed by atoms with Crippen LogP contribution in [0.25, 0.3) is 0 Å². The number of aliphatic hydroxyl groups excluding tert-OH is 1. The van der Waals surface area contributed by atoms with Crippen molar-refractivity contribution in [3.8, 4) is 0 Å². The van der Waals surface area contributed by atoms with Gasteiger partial charge in [-0.1, -0.05) is 27.2 Å². The highest BCUT2D eigenvalue weighted by Gasteiger charge is 2.21. The smallest absolute Gasteiger partial charge is 0.156 e. The van der Waals surface area contributed by atoms with Crippen LogP contribution < -0.4 is 0 Å². The monoisotopic (exact) mass is 269 g/mol. The molecule has 0 fully saturated rings. The minimum atomic E-state index is -0.177. The predicted octanol–water partition coefficient (Wildman–Crippen LogP) is 2.24. The molecule has 80 valence electrons. The molecule has 1 heterocycles. The van der Waals surface area contributed by atoms with Gasteiger partial charge in [-0.05, 0) is 30.2 Å². The Labute approximate surface area is 96.9 Å². The number of oxime groups is 1. The Balaban J connectivity index is 2.21. The van der Waals surface area contributed by atoms with Gasteiger partial charge >= 0.3 is 0 Å². The maximum Gasteiger partial charge on any atom is 0.156 e. The molecule has 0 spiro atoms. The largest absolute Gasteiger partial charge is 0.392 e. The van der Waals surface area contributed by atoms with Crippen LogP contribution in [-0.2, 0) is 4.84 Å². The predicted molar refractivity (Wildman–Crippen MR) is 62.0 cm³/mol. The van der Waals surface area contributed by atoms with E-state index in [1.54, 1.807) is 0 Å². The van der Waals surface area contributed by atoms with E-state index in [1.807, 2.05) is 19.1 Å². The Hall–Kier alpha value is -0.870. The number of nitrogens with zero attached hydrogens (tertiary/aromatic N) is 1. The number of rotatable bonds is 2. The number of aryl methyl sites for hydroxylation is 1. The maximum absolute atomic E-state index is 8.92. The minimum Gasteiger partial charge on any atom is -0.392 e. The molecule has 15 heavy (non-hydrogen) atoms. The van der Waals surface area contributed by atoms with Crippen LogP contribution in [-0.4, -0.2) is 23.5 Å². The van der Waals surface area contributed by atoms with Crippen LogP contribution in [0.4, 0.5) is 0 Å². The molecule has 1 aliphatic rings. The van der Waals surface area contributed by atoms with Gasteiger partial charge < -0.3 is 9.94 Å². The number of aliphatic hydroxyl groups is 1. The average Bonchev–Trinajstić information content (AvgIpc) is 2.70. The Morgan fingerprint density at radius 1 is 1.60 bits per heavy atom. The van der Waals surface area contributed by atoms with E-state index < -0.39 is 0 Å². The van der Waals surface area contributed by atoms with Crippen LogP contribution in [0.3, 0.4) is 0 Å². The average molecular weight is 270 g/mol. The first-order valence-electron chi connectivity index (χ1n) is 4.81. The van der Waals surface area contributed by atoms with E-state index in [0.717, 1.165) is 15.7 Å². The molecule has 0 radical (unpaired) electrons. The second-order valence-corrected chi connectivity index (χ2v) is 4.47. The van der Waals surface area contributed by atoms with Crippen molar-refractivity contribution in [2.24, 2.45) is 5.16 Å². The van der Waals surface area contributed by atoms with Crippen LogP contribution in [0.1, 0.15) is 17.5 Å². The van der Waals surface area contributed by atoms with Crippen molar-refractivity contribution in [1.29, 1.82) is 0 Å². The van der Waals surface area contributed by atoms with E-state index in [0.29, 0.717) is 6.42 Å². The zero-order chi connectivity index (χ0) is 10.8. The van der Waals surface area contributed by atoms with Gasteiger partial charge in [0.05, 0.1) is 12.3 Å². The quantitative estimate of drug-likeness (QED) is 0.895. The Morgan fingerprint density at radius 3 is 3.00 bits per heavy atom. The number of hydrogen-bond acceptors (Lipinski definition) is 3. The lowest BCUT2D eigenvalue weighted by Crippen LogP contribution is -2.12. The number of benzene rings is 1. The zero-order valence-electron chi connectivity index (χ0n) is 8.40. The summed E-state index contributed by atoms with van der Waals surface area (Å²) in [6.07, 6.45) is 0.501. The van der Waals surface area contributed by atoms with Gasteiger partial charge in [0, 0.05) is 10.9 Å². The van der Waals surface area contributed by atoms with E-state index >= 15 is 0 Å². The lowest BCUT2D eigenvalue weighted by molar-refractivity contribution is 0.0390. The third-order valence-corrected chi connectivity index (χ3v) is 3.32. The van der Waals surface area contributed by atoms with Gasteiger partial charge in [-0.25, -0.2) is 0 Å². The molecule has 1 aromatic carbocycles. The second kappa shape index (κ2) is 4.33. The molecule has 1 atom stereocenters. The van der Waals surface area contributed by atoms with Crippen molar-refractivity contribution in [3.63, 3.8) is 0 Å². The first-order chi connectivity index (χ1) is 7.20. The van der Waals surface area contributed by atoms with Gasteiger partial charge in [-0.3, -0.25) is 0 Å². The van der Waals surface area contributed by atoms with Gasteiger partial charge in [0.1, 0.15) is 0 Å². The minimum absolute atomic E-state index is 0.0164. The topological polar surface area (TPSA) is 41.8 Å². The summed E-state index contributed by atoms with van der Waals surface area (Å²) < 4.78 is 1.09. The molecular formula is C11H12BrNO2. The van der Waals surface area contributed by atoms with Crippen molar-refractivity contribution >= 4 is 21.6 Å². The van der Waals surface area contributed by atoms with Crippen LogP contribution in [0.2, 0.25) is 0 Å². The second-order valence-electron chi connectivity index (χ2n) is 3.62. The summed E-state index contributed by atoms with van der Waals surface area (Å²) in [5, 5.41) is 12.9. The van der Waals surface area contributed by atoms with Gasteiger partial charge in [-0.2, -0.15) is 0 Å². The lowest BCUT2D eigenvalue weighted by Gasteiger charge is -2.03. The summed E-state index contributed by atoms with van der Waals surface area (Å²) >= 11 is 3.45. The molecule has 4 heteroatoms. The molecule has 1 aromatic rings. The fourth-order valence-corrected chi connectivity index (χ4v) is 1.77. The highest BCUT2D eigenvalue weighted by atomic mass is 79.9. The molecule has 0 bridgehead atoms. The Bertz CT molecular complexity index is 404. The van der Waals surface area contributed by atoms with E-state index in [2.05, 4.69) is 27.2 Å². The molecule has 2 rings (SSSR count). The van der Waals surface area contributed by atoms with Crippen LogP contribution in [0.5, 0.6) is 0 Å². The summed E-state index contributed by atoms with van der Waals surface area (Å²) in [7, 11) is 0. The first kappa shape index (κ1) is 10.6. The zero-order valence-corrected chi connectivity index (χ0v) is 9.99. The van der Waals surface area contributed by atoms with Gasteiger partial charge in [0.15, 0.2) is 6.10 Å². The molecule has 0 amide bonds. The molecule has 1 unspecified atom stereocenters. The Morgan fingerprint density at radius 2 is 2.40 bits per heavy atom. The SMILES string of the molecule is Cc1cc(C2=NOC(CO)C2)ccc1Br. The van der Waals surface area contributed by atoms with E-state index in [-0.39, 0.29) is 12.7 Å². The highest BCUT2D eigenvalue weighted by molar-refractivity contribution is 9.10. The van der Waals surface area contributed by atoms with Crippen molar-refractivity contribution < 1.29 is 9.94 Å². The van der Waals surface area contributed by atoms with Gasteiger partial charge in [0.25, 0.3) is 0 Å². The number of halogens is 1. The van der Waals surface area contributed by atoms with Gasteiger partial charge in [0.2, 0.25) is 0 Å². The molecule has 0 aliphatic carbocycles. The third-order valence-electron chi connectivity index (χ3n) is 2.43. The van der Waals surface area contributed by atoms with E-state index in [1.165, 1.54) is 5.56 Å².